The fraction of sp³-hybridized carbons (Fsp3) is 0.0588. The lowest BCUT2D eigenvalue weighted by molar-refractivity contribution is -0.679. The molecule has 106 valence electrons. The van der Waals surface area contributed by atoms with Crippen molar-refractivity contribution in [3.05, 3.63) is 77.6 Å². The molecule has 1 heterocycles. The quantitative estimate of drug-likeness (QED) is 0.381. The molecule has 0 atom stereocenters. The van der Waals surface area contributed by atoms with Crippen LogP contribution < -0.4 is 21.5 Å². The van der Waals surface area contributed by atoms with Gasteiger partial charge in [-0.2, -0.15) is 4.57 Å². The lowest BCUT2D eigenvalue weighted by atomic mass is 10.1. The van der Waals surface area contributed by atoms with Gasteiger partial charge in [-0.1, -0.05) is 48.5 Å². The van der Waals surface area contributed by atoms with Crippen LogP contribution in [0.25, 0.3) is 10.8 Å². The Kier molecular flexibility index (Phi) is 5.10. The van der Waals surface area contributed by atoms with Crippen molar-refractivity contribution in [3.63, 3.8) is 0 Å². The average molecular weight is 363 g/mol. The standard InChI is InChI=1S/C17H13ClNO.BrH/c18-17-15-9-5-4-6-13(15)10-11-19(17)12-16(20)14-7-2-1-3-8-14;/h1-11H,12H2;1H/q+1;/p-1. The Labute approximate surface area is 138 Å². The van der Waals surface area contributed by atoms with E-state index in [1.165, 1.54) is 0 Å². The van der Waals surface area contributed by atoms with E-state index >= 15 is 0 Å². The van der Waals surface area contributed by atoms with Gasteiger partial charge in [-0.05, 0) is 23.1 Å². The summed E-state index contributed by atoms with van der Waals surface area (Å²) in [7, 11) is 0. The average Bonchev–Trinajstić information content (AvgIpc) is 2.51. The number of rotatable bonds is 3. The van der Waals surface area contributed by atoms with Crippen LogP contribution in [0.3, 0.4) is 0 Å². The molecule has 0 N–H and O–H groups in total. The molecule has 0 amide bonds. The Morgan fingerprint density at radius 2 is 1.62 bits per heavy atom. The highest BCUT2D eigenvalue weighted by Crippen LogP contribution is 2.19. The van der Waals surface area contributed by atoms with E-state index in [-0.39, 0.29) is 29.3 Å². The van der Waals surface area contributed by atoms with Crippen molar-refractivity contribution in [1.82, 2.24) is 0 Å². The number of benzene rings is 2. The van der Waals surface area contributed by atoms with Crippen molar-refractivity contribution in [2.24, 2.45) is 0 Å². The van der Waals surface area contributed by atoms with Gasteiger partial charge in [0.1, 0.15) is 0 Å². The van der Waals surface area contributed by atoms with Crippen LogP contribution >= 0.6 is 11.6 Å². The third-order valence-corrected chi connectivity index (χ3v) is 3.70. The highest BCUT2D eigenvalue weighted by molar-refractivity contribution is 6.33. The molecule has 0 radical (unpaired) electrons. The van der Waals surface area contributed by atoms with E-state index in [9.17, 15) is 4.79 Å². The monoisotopic (exact) mass is 361 g/mol. The van der Waals surface area contributed by atoms with Crippen LogP contribution in [0, 0.1) is 0 Å². The maximum Gasteiger partial charge on any atom is 0.283 e. The van der Waals surface area contributed by atoms with Crippen LogP contribution in [-0.2, 0) is 6.54 Å². The molecule has 0 saturated carbocycles. The maximum atomic E-state index is 12.2. The highest BCUT2D eigenvalue weighted by atomic mass is 79.9. The number of hydrogen-bond acceptors (Lipinski definition) is 1. The van der Waals surface area contributed by atoms with Gasteiger partial charge in [0.2, 0.25) is 12.3 Å². The minimum Gasteiger partial charge on any atom is -1.00 e. The summed E-state index contributed by atoms with van der Waals surface area (Å²) < 4.78 is 1.78. The van der Waals surface area contributed by atoms with Gasteiger partial charge in [0.05, 0.1) is 5.39 Å². The zero-order valence-corrected chi connectivity index (χ0v) is 13.5. The van der Waals surface area contributed by atoms with Crippen molar-refractivity contribution < 1.29 is 26.3 Å². The van der Waals surface area contributed by atoms with Gasteiger partial charge in [-0.25, -0.2) is 0 Å². The molecule has 1 aromatic heterocycles. The Hall–Kier alpha value is -1.71. The number of nitrogens with zero attached hydrogens (tertiary/aromatic N) is 1. The second kappa shape index (κ2) is 6.83. The lowest BCUT2D eigenvalue weighted by Gasteiger charge is -2.02. The minimum absolute atomic E-state index is 0. The second-order valence-electron chi connectivity index (χ2n) is 4.61. The van der Waals surface area contributed by atoms with E-state index in [1.54, 1.807) is 4.57 Å². The molecule has 0 aliphatic carbocycles. The van der Waals surface area contributed by atoms with Crippen molar-refractivity contribution in [2.75, 3.05) is 0 Å². The summed E-state index contributed by atoms with van der Waals surface area (Å²) in [6.07, 6.45) is 1.85. The second-order valence-corrected chi connectivity index (χ2v) is 4.97. The van der Waals surface area contributed by atoms with Gasteiger partial charge >= 0.3 is 0 Å². The number of hydrogen-bond donors (Lipinski definition) is 0. The number of aromatic nitrogens is 1. The molecule has 0 aliphatic rings. The molecular weight excluding hydrogens is 350 g/mol. The van der Waals surface area contributed by atoms with E-state index in [0.717, 1.165) is 10.8 Å². The number of ketones is 1. The zero-order valence-electron chi connectivity index (χ0n) is 11.2. The number of Topliss-reactive ketones (excluding diaryl/α,β-unsaturated/α-hetero) is 1. The molecule has 0 spiro atoms. The summed E-state index contributed by atoms with van der Waals surface area (Å²) in [4.78, 5) is 12.2. The van der Waals surface area contributed by atoms with Crippen molar-refractivity contribution in [1.29, 1.82) is 0 Å². The molecular formula is C17H13BrClNO. The fourth-order valence-electron chi connectivity index (χ4n) is 2.21. The smallest absolute Gasteiger partial charge is 0.283 e. The molecule has 4 heteroatoms. The first-order valence-corrected chi connectivity index (χ1v) is 6.78. The normalized spacial score (nSPS) is 10.1. The number of halogens is 2. The van der Waals surface area contributed by atoms with Crippen LogP contribution in [0.1, 0.15) is 10.4 Å². The predicted molar refractivity (Wildman–Crippen MR) is 79.9 cm³/mol. The number of pyridine rings is 1. The Balaban J connectivity index is 0.00000161. The number of carbonyl (C=O) groups excluding carboxylic acids is 1. The van der Waals surface area contributed by atoms with Crippen molar-refractivity contribution in [3.8, 4) is 0 Å². The summed E-state index contributed by atoms with van der Waals surface area (Å²) in [5, 5.41) is 2.62. The van der Waals surface area contributed by atoms with Crippen LogP contribution in [0.5, 0.6) is 0 Å². The first-order valence-electron chi connectivity index (χ1n) is 6.40. The molecule has 3 rings (SSSR count). The Morgan fingerprint density at radius 3 is 2.38 bits per heavy atom. The van der Waals surface area contributed by atoms with Crippen LogP contribution in [-0.4, -0.2) is 5.78 Å². The van der Waals surface area contributed by atoms with Gasteiger partial charge in [-0.15, -0.1) is 0 Å². The summed E-state index contributed by atoms with van der Waals surface area (Å²) in [5.41, 5.74) is 0.698. The minimum atomic E-state index is 0. The molecule has 0 aliphatic heterocycles. The van der Waals surface area contributed by atoms with E-state index in [0.29, 0.717) is 10.7 Å². The molecule has 2 nitrogen and oxygen atoms in total. The molecule has 2 aromatic carbocycles. The van der Waals surface area contributed by atoms with Crippen LogP contribution in [0.4, 0.5) is 0 Å². The fourth-order valence-corrected chi connectivity index (χ4v) is 2.50. The molecule has 0 saturated heterocycles. The summed E-state index contributed by atoms with van der Waals surface area (Å²) in [5.74, 6) is 0.0489. The molecule has 21 heavy (non-hydrogen) atoms. The van der Waals surface area contributed by atoms with Crippen LogP contribution in [0.2, 0.25) is 5.15 Å². The van der Waals surface area contributed by atoms with Crippen molar-refractivity contribution >= 4 is 28.2 Å². The van der Waals surface area contributed by atoms with Crippen molar-refractivity contribution in [2.45, 2.75) is 6.54 Å². The Morgan fingerprint density at radius 1 is 0.952 bits per heavy atom. The number of fused-ring (bicyclic) bond motifs is 1. The van der Waals surface area contributed by atoms with Gasteiger partial charge in [0.15, 0.2) is 6.20 Å². The van der Waals surface area contributed by atoms with E-state index in [4.69, 9.17) is 11.6 Å². The van der Waals surface area contributed by atoms with Crippen LogP contribution in [0.15, 0.2) is 66.9 Å². The first kappa shape index (κ1) is 15.7. The third-order valence-electron chi connectivity index (χ3n) is 3.28. The SMILES string of the molecule is O=C(C[n+]1ccc2ccccc2c1Cl)c1ccccc1.[Br-]. The molecule has 0 unspecified atom stereocenters. The van der Waals surface area contributed by atoms with E-state index in [2.05, 4.69) is 0 Å². The van der Waals surface area contributed by atoms with Gasteiger partial charge in [0, 0.05) is 11.6 Å². The molecule has 0 bridgehead atoms. The summed E-state index contributed by atoms with van der Waals surface area (Å²) >= 11 is 6.38. The third kappa shape index (κ3) is 3.31. The van der Waals surface area contributed by atoms with Gasteiger partial charge in [0.25, 0.3) is 5.15 Å². The van der Waals surface area contributed by atoms with E-state index < -0.39 is 0 Å². The largest absolute Gasteiger partial charge is 1.00 e. The summed E-state index contributed by atoms with van der Waals surface area (Å²) in [6.45, 7) is 0.244. The molecule has 0 fully saturated rings. The van der Waals surface area contributed by atoms with Gasteiger partial charge in [-0.3, -0.25) is 4.79 Å². The lowest BCUT2D eigenvalue weighted by Crippen LogP contribution is -3.00. The maximum absolute atomic E-state index is 12.2. The summed E-state index contributed by atoms with van der Waals surface area (Å²) in [6, 6.07) is 19.1. The highest BCUT2D eigenvalue weighted by Gasteiger charge is 2.17. The number of carbonyl (C=O) groups is 1. The first-order chi connectivity index (χ1) is 9.75. The Bertz CT molecular complexity index is 774. The predicted octanol–water partition coefficient (Wildman–Crippen LogP) is 0.668. The van der Waals surface area contributed by atoms with E-state index in [1.807, 2.05) is 66.9 Å². The topological polar surface area (TPSA) is 20.9 Å². The zero-order chi connectivity index (χ0) is 13.9. The molecule has 3 aromatic rings. The van der Waals surface area contributed by atoms with Gasteiger partial charge < -0.3 is 17.0 Å².